The van der Waals surface area contributed by atoms with E-state index in [0.29, 0.717) is 5.88 Å². The predicted octanol–water partition coefficient (Wildman–Crippen LogP) is 3.41. The molecule has 0 amide bonds. The van der Waals surface area contributed by atoms with Gasteiger partial charge in [0.25, 0.3) is 0 Å². The lowest BCUT2D eigenvalue weighted by Crippen LogP contribution is -2.03. The van der Waals surface area contributed by atoms with E-state index in [1.807, 2.05) is 11.7 Å². The van der Waals surface area contributed by atoms with Crippen molar-refractivity contribution in [2.45, 2.75) is 26.7 Å². The number of aromatic nitrogens is 4. The summed E-state index contributed by atoms with van der Waals surface area (Å²) in [6.07, 6.45) is 3.69. The average Bonchev–Trinajstić information content (AvgIpc) is 2.98. The van der Waals surface area contributed by atoms with E-state index < -0.39 is 0 Å². The quantitative estimate of drug-likeness (QED) is 0.692. The summed E-state index contributed by atoms with van der Waals surface area (Å²) in [5, 5.41) is 4.55. The molecule has 3 aromatic rings. The van der Waals surface area contributed by atoms with E-state index in [1.165, 1.54) is 5.56 Å². The van der Waals surface area contributed by atoms with Crippen molar-refractivity contribution in [2.24, 2.45) is 7.05 Å². The molecule has 3 rings (SSSR count). The first-order chi connectivity index (χ1) is 10.1. The molecule has 5 heteroatoms. The van der Waals surface area contributed by atoms with Crippen molar-refractivity contribution in [1.82, 2.24) is 19.3 Å². The smallest absolute Gasteiger partial charge is 0.115 e. The van der Waals surface area contributed by atoms with E-state index in [4.69, 9.17) is 16.6 Å². The molecule has 2 heterocycles. The van der Waals surface area contributed by atoms with Crippen LogP contribution in [0.1, 0.15) is 24.0 Å². The highest BCUT2D eigenvalue weighted by atomic mass is 35.5. The molecule has 0 aliphatic carbocycles. The van der Waals surface area contributed by atoms with Gasteiger partial charge in [0.05, 0.1) is 22.4 Å². The number of nitrogens with zero attached hydrogens (tertiary/aromatic N) is 4. The largest absolute Gasteiger partial charge is 0.293 e. The van der Waals surface area contributed by atoms with Gasteiger partial charge in [-0.1, -0.05) is 13.0 Å². The zero-order chi connectivity index (χ0) is 15.0. The number of fused-ring (bicyclic) bond motifs is 1. The summed E-state index contributed by atoms with van der Waals surface area (Å²) in [5.74, 6) is 1.55. The van der Waals surface area contributed by atoms with Gasteiger partial charge in [-0.3, -0.25) is 9.25 Å². The highest BCUT2D eigenvalue weighted by Gasteiger charge is 2.16. The van der Waals surface area contributed by atoms with Gasteiger partial charge < -0.3 is 0 Å². The summed E-state index contributed by atoms with van der Waals surface area (Å²) in [6.45, 7) is 4.21. The van der Waals surface area contributed by atoms with Crippen molar-refractivity contribution in [2.75, 3.05) is 5.88 Å². The highest BCUT2D eigenvalue weighted by molar-refractivity contribution is 6.17. The first-order valence-corrected chi connectivity index (χ1v) is 7.74. The normalized spacial score (nSPS) is 11.4. The fourth-order valence-corrected chi connectivity index (χ4v) is 2.89. The van der Waals surface area contributed by atoms with Crippen LogP contribution in [0.3, 0.4) is 0 Å². The van der Waals surface area contributed by atoms with Gasteiger partial charge in [0.15, 0.2) is 0 Å². The summed E-state index contributed by atoms with van der Waals surface area (Å²) in [5.41, 5.74) is 5.52. The molecule has 0 saturated heterocycles. The number of rotatable bonds is 4. The van der Waals surface area contributed by atoms with Crippen molar-refractivity contribution >= 4 is 22.6 Å². The SMILES string of the molecule is CCc1nn(C)cc1-n1c(CCCl)nc2cc(C)ccc21. The van der Waals surface area contributed by atoms with Gasteiger partial charge in [-0.05, 0) is 31.0 Å². The van der Waals surface area contributed by atoms with Crippen LogP contribution < -0.4 is 0 Å². The topological polar surface area (TPSA) is 35.6 Å². The van der Waals surface area contributed by atoms with Crippen LogP contribution in [0.15, 0.2) is 24.4 Å². The maximum absolute atomic E-state index is 5.96. The molecular formula is C16H19ClN4. The minimum absolute atomic E-state index is 0.560. The summed E-state index contributed by atoms with van der Waals surface area (Å²) >= 11 is 5.96. The number of hydrogen-bond donors (Lipinski definition) is 0. The van der Waals surface area contributed by atoms with E-state index in [0.717, 1.165) is 41.1 Å². The van der Waals surface area contributed by atoms with Gasteiger partial charge in [0, 0.05) is 25.5 Å². The molecular weight excluding hydrogens is 284 g/mol. The zero-order valence-corrected chi connectivity index (χ0v) is 13.4. The Morgan fingerprint density at radius 2 is 2.10 bits per heavy atom. The van der Waals surface area contributed by atoms with Crippen molar-refractivity contribution in [1.29, 1.82) is 0 Å². The lowest BCUT2D eigenvalue weighted by molar-refractivity contribution is 0.746. The van der Waals surface area contributed by atoms with Gasteiger partial charge in [0.1, 0.15) is 5.82 Å². The molecule has 0 spiro atoms. The highest BCUT2D eigenvalue weighted by Crippen LogP contribution is 2.25. The fourth-order valence-electron chi connectivity index (χ4n) is 2.72. The van der Waals surface area contributed by atoms with Crippen LogP contribution in [0.5, 0.6) is 0 Å². The Kier molecular flexibility index (Phi) is 3.72. The van der Waals surface area contributed by atoms with Gasteiger partial charge in [-0.15, -0.1) is 11.6 Å². The second-order valence-corrected chi connectivity index (χ2v) is 5.66. The van der Waals surface area contributed by atoms with Crippen molar-refractivity contribution in [3.05, 3.63) is 41.5 Å². The van der Waals surface area contributed by atoms with Crippen LogP contribution in [0.25, 0.3) is 16.7 Å². The fraction of sp³-hybridized carbons (Fsp3) is 0.375. The first-order valence-electron chi connectivity index (χ1n) is 7.21. The van der Waals surface area contributed by atoms with E-state index in [9.17, 15) is 0 Å². The standard InChI is InChI=1S/C16H19ClN4/c1-4-12-15(10-20(3)19-12)21-14-6-5-11(2)9-13(14)18-16(21)7-8-17/h5-6,9-10H,4,7-8H2,1-3H3. The van der Waals surface area contributed by atoms with Crippen LogP contribution in [-0.4, -0.2) is 25.2 Å². The summed E-state index contributed by atoms with van der Waals surface area (Å²) < 4.78 is 4.06. The van der Waals surface area contributed by atoms with Crippen molar-refractivity contribution in [3.63, 3.8) is 0 Å². The van der Waals surface area contributed by atoms with Crippen LogP contribution >= 0.6 is 11.6 Å². The number of hydrogen-bond acceptors (Lipinski definition) is 2. The minimum Gasteiger partial charge on any atom is -0.293 e. The molecule has 1 aromatic carbocycles. The van der Waals surface area contributed by atoms with Gasteiger partial charge >= 0.3 is 0 Å². The molecule has 0 aliphatic rings. The van der Waals surface area contributed by atoms with Crippen LogP contribution in [0.4, 0.5) is 0 Å². The molecule has 0 bridgehead atoms. The molecule has 21 heavy (non-hydrogen) atoms. The second-order valence-electron chi connectivity index (χ2n) is 5.28. The van der Waals surface area contributed by atoms with Crippen molar-refractivity contribution < 1.29 is 0 Å². The Morgan fingerprint density at radius 1 is 1.29 bits per heavy atom. The Morgan fingerprint density at radius 3 is 2.81 bits per heavy atom. The Hall–Kier alpha value is -1.81. The zero-order valence-electron chi connectivity index (χ0n) is 12.6. The van der Waals surface area contributed by atoms with E-state index >= 15 is 0 Å². The maximum atomic E-state index is 5.96. The number of benzene rings is 1. The molecule has 0 unspecified atom stereocenters. The molecule has 0 fully saturated rings. The van der Waals surface area contributed by atoms with Gasteiger partial charge in [-0.2, -0.15) is 5.10 Å². The lowest BCUT2D eigenvalue weighted by Gasteiger charge is -2.07. The Labute approximate surface area is 129 Å². The predicted molar refractivity (Wildman–Crippen MR) is 86.4 cm³/mol. The summed E-state index contributed by atoms with van der Waals surface area (Å²) in [6, 6.07) is 6.36. The number of alkyl halides is 1. The maximum Gasteiger partial charge on any atom is 0.115 e. The first kappa shape index (κ1) is 14.1. The third-order valence-electron chi connectivity index (χ3n) is 3.66. The molecule has 0 atom stereocenters. The van der Waals surface area contributed by atoms with Crippen LogP contribution in [0, 0.1) is 6.92 Å². The number of aryl methyl sites for hydroxylation is 4. The molecule has 0 radical (unpaired) electrons. The lowest BCUT2D eigenvalue weighted by atomic mass is 10.2. The second kappa shape index (κ2) is 5.53. The third kappa shape index (κ3) is 2.44. The van der Waals surface area contributed by atoms with E-state index in [2.05, 4.69) is 47.9 Å². The average molecular weight is 303 g/mol. The molecule has 0 saturated carbocycles. The van der Waals surface area contributed by atoms with Crippen molar-refractivity contribution in [3.8, 4) is 5.69 Å². The minimum atomic E-state index is 0.560. The third-order valence-corrected chi connectivity index (χ3v) is 3.85. The molecule has 0 aliphatic heterocycles. The summed E-state index contributed by atoms with van der Waals surface area (Å²) in [7, 11) is 1.95. The molecule has 2 aromatic heterocycles. The Balaban J connectivity index is 2.30. The molecule has 110 valence electrons. The number of imidazole rings is 1. The Bertz CT molecular complexity index is 785. The van der Waals surface area contributed by atoms with Crippen LogP contribution in [0.2, 0.25) is 0 Å². The van der Waals surface area contributed by atoms with Gasteiger partial charge in [0.2, 0.25) is 0 Å². The summed E-state index contributed by atoms with van der Waals surface area (Å²) in [4.78, 5) is 4.77. The molecule has 4 nitrogen and oxygen atoms in total. The van der Waals surface area contributed by atoms with Gasteiger partial charge in [-0.25, -0.2) is 4.98 Å². The van der Waals surface area contributed by atoms with Crippen LogP contribution in [-0.2, 0) is 19.9 Å². The van der Waals surface area contributed by atoms with E-state index in [1.54, 1.807) is 0 Å². The monoisotopic (exact) mass is 302 g/mol. The number of halogens is 1. The molecule has 0 N–H and O–H groups in total. The van der Waals surface area contributed by atoms with E-state index in [-0.39, 0.29) is 0 Å².